The zero-order chi connectivity index (χ0) is 14.7. The molecule has 5 nitrogen and oxygen atoms in total. The summed E-state index contributed by atoms with van der Waals surface area (Å²) < 4.78 is 0.921. The molecule has 0 unspecified atom stereocenters. The van der Waals surface area contributed by atoms with Crippen LogP contribution in [0.5, 0.6) is 0 Å². The molecule has 0 saturated heterocycles. The fraction of sp³-hybridized carbons (Fsp3) is 0.0714. The van der Waals surface area contributed by atoms with Crippen LogP contribution >= 0.6 is 15.9 Å². The number of carbonyl (C=O) groups is 1. The van der Waals surface area contributed by atoms with Gasteiger partial charge in [-0.3, -0.25) is 14.9 Å². The molecule has 6 heteroatoms. The van der Waals surface area contributed by atoms with Crippen molar-refractivity contribution in [2.45, 2.75) is 6.92 Å². The molecular weight excluding hydrogens is 324 g/mol. The number of hydrogen-bond acceptors (Lipinski definition) is 3. The highest BCUT2D eigenvalue weighted by atomic mass is 79.9. The minimum atomic E-state index is -0.501. The Morgan fingerprint density at radius 2 is 2.00 bits per heavy atom. The molecule has 0 aliphatic rings. The Morgan fingerprint density at radius 1 is 1.25 bits per heavy atom. The Bertz CT molecular complexity index is 686. The normalized spacial score (nSPS) is 10.1. The van der Waals surface area contributed by atoms with E-state index in [-0.39, 0.29) is 11.6 Å². The molecule has 0 aliphatic heterocycles. The van der Waals surface area contributed by atoms with E-state index < -0.39 is 4.92 Å². The molecule has 0 heterocycles. The van der Waals surface area contributed by atoms with E-state index in [2.05, 4.69) is 21.2 Å². The number of amides is 1. The lowest BCUT2D eigenvalue weighted by atomic mass is 10.1. The summed E-state index contributed by atoms with van der Waals surface area (Å²) in [6.07, 6.45) is 0. The van der Waals surface area contributed by atoms with Gasteiger partial charge in [-0.25, -0.2) is 0 Å². The first-order valence-electron chi connectivity index (χ1n) is 5.79. The van der Waals surface area contributed by atoms with Crippen molar-refractivity contribution < 1.29 is 9.72 Å². The summed E-state index contributed by atoms with van der Waals surface area (Å²) >= 11 is 3.36. The Hall–Kier alpha value is -2.21. The zero-order valence-electron chi connectivity index (χ0n) is 10.6. The first-order valence-corrected chi connectivity index (χ1v) is 6.58. The molecule has 2 aromatic carbocycles. The number of carbonyl (C=O) groups excluding carboxylic acids is 1. The number of rotatable bonds is 3. The minimum absolute atomic E-state index is 0.0604. The summed E-state index contributed by atoms with van der Waals surface area (Å²) in [5.74, 6) is -0.305. The highest BCUT2D eigenvalue weighted by Gasteiger charge is 2.10. The molecule has 1 amide bonds. The average molecular weight is 335 g/mol. The number of nitro groups is 1. The third-order valence-corrected chi connectivity index (χ3v) is 3.62. The van der Waals surface area contributed by atoms with Crippen LogP contribution in [-0.4, -0.2) is 10.8 Å². The van der Waals surface area contributed by atoms with Crippen LogP contribution in [0.25, 0.3) is 0 Å². The van der Waals surface area contributed by atoms with Crippen molar-refractivity contribution in [3.8, 4) is 0 Å². The number of hydrogen-bond donors (Lipinski definition) is 1. The number of halogens is 1. The van der Waals surface area contributed by atoms with Gasteiger partial charge in [0.1, 0.15) is 0 Å². The van der Waals surface area contributed by atoms with Crippen LogP contribution in [0, 0.1) is 17.0 Å². The van der Waals surface area contributed by atoms with Gasteiger partial charge in [0.2, 0.25) is 0 Å². The van der Waals surface area contributed by atoms with Crippen LogP contribution in [0.2, 0.25) is 0 Å². The topological polar surface area (TPSA) is 72.2 Å². The molecular formula is C14H11BrN2O3. The largest absolute Gasteiger partial charge is 0.322 e. The smallest absolute Gasteiger partial charge is 0.271 e. The number of benzene rings is 2. The van der Waals surface area contributed by atoms with E-state index >= 15 is 0 Å². The van der Waals surface area contributed by atoms with E-state index in [0.717, 1.165) is 10.0 Å². The molecule has 0 spiro atoms. The van der Waals surface area contributed by atoms with E-state index in [4.69, 9.17) is 0 Å². The van der Waals surface area contributed by atoms with Crippen LogP contribution in [0.4, 0.5) is 11.4 Å². The minimum Gasteiger partial charge on any atom is -0.322 e. The second kappa shape index (κ2) is 5.83. The van der Waals surface area contributed by atoms with Gasteiger partial charge in [-0.05, 0) is 36.8 Å². The summed E-state index contributed by atoms with van der Waals surface area (Å²) in [5.41, 5.74) is 1.77. The van der Waals surface area contributed by atoms with Gasteiger partial charge >= 0.3 is 0 Å². The Balaban J connectivity index is 2.21. The van der Waals surface area contributed by atoms with E-state index in [1.807, 2.05) is 6.92 Å². The number of anilines is 1. The zero-order valence-corrected chi connectivity index (χ0v) is 12.2. The molecule has 0 aliphatic carbocycles. The maximum atomic E-state index is 12.1. The van der Waals surface area contributed by atoms with Crippen LogP contribution in [0.15, 0.2) is 46.9 Å². The monoisotopic (exact) mass is 334 g/mol. The van der Waals surface area contributed by atoms with Gasteiger partial charge in [0.25, 0.3) is 11.6 Å². The van der Waals surface area contributed by atoms with Crippen molar-refractivity contribution >= 4 is 33.2 Å². The molecule has 0 atom stereocenters. The van der Waals surface area contributed by atoms with E-state index in [9.17, 15) is 14.9 Å². The van der Waals surface area contributed by atoms with E-state index in [0.29, 0.717) is 11.3 Å². The lowest BCUT2D eigenvalue weighted by Crippen LogP contribution is -2.12. The molecule has 1 N–H and O–H groups in total. The SMILES string of the molecule is Cc1cc(C(=O)Nc2cccc([N+](=O)[O-])c2)ccc1Br. The second-order valence-corrected chi connectivity index (χ2v) is 5.08. The fourth-order valence-corrected chi connectivity index (χ4v) is 1.93. The van der Waals surface area contributed by atoms with Gasteiger partial charge in [0, 0.05) is 27.9 Å². The molecule has 2 rings (SSSR count). The van der Waals surface area contributed by atoms with Crippen molar-refractivity contribution in [1.82, 2.24) is 0 Å². The Morgan fingerprint density at radius 3 is 2.65 bits per heavy atom. The van der Waals surface area contributed by atoms with Crippen LogP contribution in [-0.2, 0) is 0 Å². The van der Waals surface area contributed by atoms with Crippen molar-refractivity contribution in [3.05, 3.63) is 68.2 Å². The highest BCUT2D eigenvalue weighted by Crippen LogP contribution is 2.20. The van der Waals surface area contributed by atoms with Gasteiger partial charge in [-0.2, -0.15) is 0 Å². The van der Waals surface area contributed by atoms with Gasteiger partial charge in [-0.1, -0.05) is 22.0 Å². The quantitative estimate of drug-likeness (QED) is 0.683. The van der Waals surface area contributed by atoms with Crippen molar-refractivity contribution in [2.75, 3.05) is 5.32 Å². The molecule has 0 radical (unpaired) electrons. The Kier molecular flexibility index (Phi) is 4.14. The lowest BCUT2D eigenvalue weighted by Gasteiger charge is -2.06. The summed E-state index contributed by atoms with van der Waals surface area (Å²) in [5, 5.41) is 13.3. The summed E-state index contributed by atoms with van der Waals surface area (Å²) in [6, 6.07) is 11.1. The van der Waals surface area contributed by atoms with Gasteiger partial charge < -0.3 is 5.32 Å². The van der Waals surface area contributed by atoms with Gasteiger partial charge in [-0.15, -0.1) is 0 Å². The molecule has 2 aromatic rings. The summed E-state index contributed by atoms with van der Waals surface area (Å²) in [6.45, 7) is 1.88. The average Bonchev–Trinajstić information content (AvgIpc) is 2.42. The maximum absolute atomic E-state index is 12.1. The molecule has 0 fully saturated rings. The summed E-state index contributed by atoms with van der Waals surface area (Å²) in [7, 11) is 0. The molecule has 0 aromatic heterocycles. The van der Waals surface area contributed by atoms with E-state index in [1.54, 1.807) is 24.3 Å². The maximum Gasteiger partial charge on any atom is 0.271 e. The number of nitrogens with zero attached hydrogens (tertiary/aromatic N) is 1. The molecule has 102 valence electrons. The second-order valence-electron chi connectivity index (χ2n) is 4.23. The molecule has 0 saturated carbocycles. The first-order chi connectivity index (χ1) is 9.47. The number of aryl methyl sites for hydroxylation is 1. The standard InChI is InChI=1S/C14H11BrN2O3/c1-9-7-10(5-6-13(9)15)14(18)16-11-3-2-4-12(8-11)17(19)20/h2-8H,1H3,(H,16,18). The number of nitrogens with one attached hydrogen (secondary N) is 1. The third-order valence-electron chi connectivity index (χ3n) is 2.73. The number of nitro benzene ring substituents is 1. The first kappa shape index (κ1) is 14.2. The highest BCUT2D eigenvalue weighted by molar-refractivity contribution is 9.10. The summed E-state index contributed by atoms with van der Waals surface area (Å²) in [4.78, 5) is 22.2. The van der Waals surface area contributed by atoms with Crippen molar-refractivity contribution in [3.63, 3.8) is 0 Å². The van der Waals surface area contributed by atoms with Crippen LogP contribution < -0.4 is 5.32 Å². The molecule has 20 heavy (non-hydrogen) atoms. The van der Waals surface area contributed by atoms with E-state index in [1.165, 1.54) is 18.2 Å². The third kappa shape index (κ3) is 3.21. The fourth-order valence-electron chi connectivity index (χ4n) is 1.69. The predicted octanol–water partition coefficient (Wildman–Crippen LogP) is 3.92. The van der Waals surface area contributed by atoms with Gasteiger partial charge in [0.15, 0.2) is 0 Å². The van der Waals surface area contributed by atoms with Crippen LogP contribution in [0.3, 0.4) is 0 Å². The lowest BCUT2D eigenvalue weighted by molar-refractivity contribution is -0.384. The van der Waals surface area contributed by atoms with Crippen molar-refractivity contribution in [1.29, 1.82) is 0 Å². The Labute approximate surface area is 123 Å². The van der Waals surface area contributed by atoms with Crippen molar-refractivity contribution in [2.24, 2.45) is 0 Å². The predicted molar refractivity (Wildman–Crippen MR) is 79.9 cm³/mol. The van der Waals surface area contributed by atoms with Gasteiger partial charge in [0.05, 0.1) is 4.92 Å². The molecule has 0 bridgehead atoms. The number of non-ortho nitro benzene ring substituents is 1. The van der Waals surface area contributed by atoms with Crippen LogP contribution in [0.1, 0.15) is 15.9 Å².